The molecule has 4 rings (SSSR count). The molecule has 1 aliphatic carbocycles. The number of nitrogens with zero attached hydrogens (tertiary/aromatic N) is 1. The van der Waals surface area contributed by atoms with Gasteiger partial charge in [-0.1, -0.05) is 42.5 Å². The number of aryl methyl sites for hydroxylation is 2. The van der Waals surface area contributed by atoms with Gasteiger partial charge in [0, 0.05) is 40.4 Å². The monoisotopic (exact) mass is 345 g/mol. The third kappa shape index (κ3) is 2.47. The van der Waals surface area contributed by atoms with Gasteiger partial charge in [0.15, 0.2) is 0 Å². The summed E-state index contributed by atoms with van der Waals surface area (Å²) < 4.78 is 7.62. The van der Waals surface area contributed by atoms with E-state index in [2.05, 4.69) is 54.1 Å². The molecule has 2 aromatic carbocycles. The molecule has 26 heavy (non-hydrogen) atoms. The molecule has 3 aromatic rings. The second kappa shape index (κ2) is 6.49. The van der Waals surface area contributed by atoms with Crippen LogP contribution in [0.5, 0.6) is 0 Å². The van der Waals surface area contributed by atoms with Crippen LogP contribution >= 0.6 is 0 Å². The molecule has 0 bridgehead atoms. The lowest BCUT2D eigenvalue weighted by atomic mass is 9.90. The zero-order valence-corrected chi connectivity index (χ0v) is 15.5. The van der Waals surface area contributed by atoms with Crippen molar-refractivity contribution in [2.24, 2.45) is 7.05 Å². The molecule has 0 atom stereocenters. The summed E-state index contributed by atoms with van der Waals surface area (Å²) in [6, 6.07) is 16.9. The second-order valence-electron chi connectivity index (χ2n) is 6.78. The van der Waals surface area contributed by atoms with Crippen LogP contribution in [0.3, 0.4) is 0 Å². The number of carbonyl (C=O) groups is 1. The minimum Gasteiger partial charge on any atom is -0.463 e. The van der Waals surface area contributed by atoms with Crippen molar-refractivity contribution in [3.63, 3.8) is 0 Å². The Morgan fingerprint density at radius 2 is 1.81 bits per heavy atom. The molecule has 0 fully saturated rings. The summed E-state index contributed by atoms with van der Waals surface area (Å²) in [6.07, 6.45) is 1.92. The summed E-state index contributed by atoms with van der Waals surface area (Å²) >= 11 is 0. The average Bonchev–Trinajstić information content (AvgIpc) is 2.83. The maximum Gasteiger partial charge on any atom is 0.334 e. The van der Waals surface area contributed by atoms with Crippen LogP contribution in [0.4, 0.5) is 0 Å². The summed E-state index contributed by atoms with van der Waals surface area (Å²) in [6.45, 7) is 4.12. The Morgan fingerprint density at radius 3 is 2.62 bits per heavy atom. The van der Waals surface area contributed by atoms with Crippen molar-refractivity contribution >= 4 is 22.4 Å². The largest absolute Gasteiger partial charge is 0.463 e. The summed E-state index contributed by atoms with van der Waals surface area (Å²) in [7, 11) is 2.12. The quantitative estimate of drug-likeness (QED) is 0.499. The Balaban J connectivity index is 2.11. The van der Waals surface area contributed by atoms with Gasteiger partial charge in [-0.2, -0.15) is 0 Å². The van der Waals surface area contributed by atoms with E-state index in [1.54, 1.807) is 0 Å². The van der Waals surface area contributed by atoms with E-state index in [0.29, 0.717) is 12.2 Å². The van der Waals surface area contributed by atoms with E-state index in [4.69, 9.17) is 4.74 Å². The van der Waals surface area contributed by atoms with Crippen LogP contribution in [0.15, 0.2) is 54.1 Å². The predicted molar refractivity (Wildman–Crippen MR) is 105 cm³/mol. The van der Waals surface area contributed by atoms with Gasteiger partial charge in [0.2, 0.25) is 0 Å². The molecule has 0 unspecified atom stereocenters. The Hall–Kier alpha value is -2.81. The van der Waals surface area contributed by atoms with Crippen LogP contribution in [0.2, 0.25) is 0 Å². The number of rotatable bonds is 2. The first-order valence-electron chi connectivity index (χ1n) is 9.16. The Bertz CT molecular complexity index is 1040. The molecule has 0 amide bonds. The van der Waals surface area contributed by atoms with Crippen molar-refractivity contribution in [1.82, 2.24) is 4.57 Å². The fraction of sp³-hybridized carbons (Fsp3) is 0.261. The van der Waals surface area contributed by atoms with Crippen LogP contribution in [-0.4, -0.2) is 17.1 Å². The molecule has 0 aliphatic heterocycles. The molecule has 1 heterocycles. The highest BCUT2D eigenvalue weighted by Gasteiger charge is 2.27. The maximum atomic E-state index is 12.6. The molecule has 132 valence electrons. The Labute approximate surface area is 153 Å². The van der Waals surface area contributed by atoms with E-state index in [-0.39, 0.29) is 5.97 Å². The molecule has 3 nitrogen and oxygen atoms in total. The number of fused-ring (bicyclic) bond motifs is 4. The van der Waals surface area contributed by atoms with Crippen molar-refractivity contribution in [3.8, 4) is 0 Å². The minimum absolute atomic E-state index is 0.238. The highest BCUT2D eigenvalue weighted by Crippen LogP contribution is 2.41. The molecular formula is C23H23NO2. The van der Waals surface area contributed by atoms with E-state index >= 15 is 0 Å². The van der Waals surface area contributed by atoms with Crippen molar-refractivity contribution in [2.75, 3.05) is 6.61 Å². The van der Waals surface area contributed by atoms with Gasteiger partial charge in [0.1, 0.15) is 0 Å². The van der Waals surface area contributed by atoms with Gasteiger partial charge in [-0.05, 0) is 43.9 Å². The fourth-order valence-electron chi connectivity index (χ4n) is 4.12. The first kappa shape index (κ1) is 16.6. The summed E-state index contributed by atoms with van der Waals surface area (Å²) in [4.78, 5) is 12.6. The van der Waals surface area contributed by atoms with Crippen molar-refractivity contribution in [2.45, 2.75) is 26.7 Å². The van der Waals surface area contributed by atoms with Gasteiger partial charge in [0.05, 0.1) is 6.61 Å². The molecule has 0 N–H and O–H groups in total. The number of benzene rings is 2. The summed E-state index contributed by atoms with van der Waals surface area (Å²) in [5.74, 6) is -0.238. The average molecular weight is 345 g/mol. The molecule has 3 heteroatoms. The van der Waals surface area contributed by atoms with E-state index in [1.807, 2.05) is 19.9 Å². The lowest BCUT2D eigenvalue weighted by Crippen LogP contribution is -2.09. The maximum absolute atomic E-state index is 12.6. The number of hydrogen-bond acceptors (Lipinski definition) is 2. The topological polar surface area (TPSA) is 31.2 Å². The van der Waals surface area contributed by atoms with Crippen LogP contribution < -0.4 is 0 Å². The Kier molecular flexibility index (Phi) is 4.15. The van der Waals surface area contributed by atoms with E-state index in [9.17, 15) is 4.79 Å². The molecule has 0 spiro atoms. The van der Waals surface area contributed by atoms with Gasteiger partial charge in [-0.3, -0.25) is 0 Å². The normalized spacial score (nSPS) is 15.2. The molecule has 0 saturated carbocycles. The van der Waals surface area contributed by atoms with Crippen LogP contribution in [0.1, 0.15) is 36.2 Å². The van der Waals surface area contributed by atoms with Gasteiger partial charge < -0.3 is 9.30 Å². The molecular weight excluding hydrogens is 322 g/mol. The second-order valence-corrected chi connectivity index (χ2v) is 6.78. The number of esters is 1. The van der Waals surface area contributed by atoms with E-state index in [0.717, 1.165) is 24.0 Å². The van der Waals surface area contributed by atoms with Gasteiger partial charge in [-0.15, -0.1) is 0 Å². The van der Waals surface area contributed by atoms with Crippen molar-refractivity contribution in [1.29, 1.82) is 0 Å². The summed E-state index contributed by atoms with van der Waals surface area (Å²) in [5, 5.41) is 1.19. The third-order valence-corrected chi connectivity index (χ3v) is 5.35. The van der Waals surface area contributed by atoms with Crippen molar-refractivity contribution in [3.05, 3.63) is 76.5 Å². The molecule has 0 saturated heterocycles. The number of hydrogen-bond donors (Lipinski definition) is 0. The number of para-hydroxylation sites is 1. The number of ether oxygens (including phenoxy) is 1. The standard InChI is InChI=1S/C23H23NO2/c1-4-26-23(25)15(2)21-17-10-6-5-9-16(17)13-14-20-22(21)18-11-7-8-12-19(18)24(20)3/h5-12H,4,13-14H2,1-3H3/b21-15+. The zero-order valence-electron chi connectivity index (χ0n) is 15.5. The minimum atomic E-state index is -0.238. The SMILES string of the molecule is CCOC(=O)/C(C)=C1\c2ccccc2CCc2c1c1ccccc1n2C. The predicted octanol–water partition coefficient (Wildman–Crippen LogP) is 4.66. The van der Waals surface area contributed by atoms with Crippen LogP contribution in [0, 0.1) is 0 Å². The number of carbonyl (C=O) groups excluding carboxylic acids is 1. The first-order chi connectivity index (χ1) is 12.6. The fourth-order valence-corrected chi connectivity index (χ4v) is 4.12. The van der Waals surface area contributed by atoms with E-state index < -0.39 is 0 Å². The third-order valence-electron chi connectivity index (χ3n) is 5.35. The van der Waals surface area contributed by atoms with Crippen LogP contribution in [0.25, 0.3) is 16.5 Å². The molecule has 0 radical (unpaired) electrons. The highest BCUT2D eigenvalue weighted by molar-refractivity contribution is 6.08. The van der Waals surface area contributed by atoms with Crippen molar-refractivity contribution < 1.29 is 9.53 Å². The lowest BCUT2D eigenvalue weighted by Gasteiger charge is -2.14. The van der Waals surface area contributed by atoms with E-state index in [1.165, 1.54) is 27.7 Å². The molecule has 1 aliphatic rings. The van der Waals surface area contributed by atoms with Gasteiger partial charge in [0.25, 0.3) is 0 Å². The lowest BCUT2D eigenvalue weighted by molar-refractivity contribution is -0.138. The Morgan fingerprint density at radius 1 is 1.08 bits per heavy atom. The molecule has 1 aromatic heterocycles. The number of aromatic nitrogens is 1. The van der Waals surface area contributed by atoms with Crippen LogP contribution in [-0.2, 0) is 29.4 Å². The first-order valence-corrected chi connectivity index (χ1v) is 9.16. The highest BCUT2D eigenvalue weighted by atomic mass is 16.5. The smallest absolute Gasteiger partial charge is 0.334 e. The zero-order chi connectivity index (χ0) is 18.3. The van der Waals surface area contributed by atoms with Gasteiger partial charge in [-0.25, -0.2) is 4.79 Å². The summed E-state index contributed by atoms with van der Waals surface area (Å²) in [5.41, 5.74) is 7.78. The van der Waals surface area contributed by atoms with Gasteiger partial charge >= 0.3 is 5.97 Å².